The van der Waals surface area contributed by atoms with Crippen LogP contribution in [0.1, 0.15) is 5.56 Å². The monoisotopic (exact) mass is 170 g/mol. The molecule has 0 saturated carbocycles. The first-order chi connectivity index (χ1) is 5.66. The predicted molar refractivity (Wildman–Crippen MR) is 42.5 cm³/mol. The molecule has 0 spiro atoms. The van der Waals surface area contributed by atoms with Crippen molar-refractivity contribution in [2.75, 3.05) is 0 Å². The van der Waals surface area contributed by atoms with Crippen LogP contribution in [0.2, 0.25) is 0 Å². The lowest BCUT2D eigenvalue weighted by atomic mass is 10.2. The fourth-order valence-electron chi connectivity index (χ4n) is 0.863. The van der Waals surface area contributed by atoms with Crippen LogP contribution < -0.4 is 11.3 Å². The lowest BCUT2D eigenvalue weighted by Gasteiger charge is -2.05. The van der Waals surface area contributed by atoms with E-state index in [2.05, 4.69) is 5.43 Å². The highest BCUT2D eigenvalue weighted by atomic mass is 16.3. The second-order valence-electron chi connectivity index (χ2n) is 2.32. The molecule has 12 heavy (non-hydrogen) atoms. The Labute approximate surface area is 69.0 Å². The molecular weight excluding hydrogens is 160 g/mol. The van der Waals surface area contributed by atoms with Gasteiger partial charge < -0.3 is 15.3 Å². The van der Waals surface area contributed by atoms with Gasteiger partial charge in [-0.25, -0.2) is 0 Å². The molecule has 0 bridgehead atoms. The van der Waals surface area contributed by atoms with Crippen LogP contribution in [0.4, 0.5) is 0 Å². The van der Waals surface area contributed by atoms with Gasteiger partial charge in [-0.15, -0.1) is 0 Å². The van der Waals surface area contributed by atoms with Gasteiger partial charge in [0.25, 0.3) is 0 Å². The summed E-state index contributed by atoms with van der Waals surface area (Å²) in [6.07, 6.45) is 0. The van der Waals surface area contributed by atoms with Crippen molar-refractivity contribution in [3.63, 3.8) is 0 Å². The molecule has 0 aliphatic heterocycles. The van der Waals surface area contributed by atoms with Crippen LogP contribution in [0.5, 0.6) is 17.2 Å². The minimum Gasteiger partial charge on any atom is -0.504 e. The summed E-state index contributed by atoms with van der Waals surface area (Å²) >= 11 is 0. The van der Waals surface area contributed by atoms with E-state index < -0.39 is 5.75 Å². The molecule has 0 aliphatic rings. The van der Waals surface area contributed by atoms with E-state index in [0.717, 1.165) is 0 Å². The average molecular weight is 170 g/mol. The Balaban J connectivity index is 3.08. The topological polar surface area (TPSA) is 98.7 Å². The molecule has 1 aromatic rings. The highest BCUT2D eigenvalue weighted by Crippen LogP contribution is 2.36. The van der Waals surface area contributed by atoms with E-state index in [1.54, 1.807) is 0 Å². The van der Waals surface area contributed by atoms with Gasteiger partial charge in [0, 0.05) is 12.1 Å². The predicted octanol–water partition coefficient (Wildman–Crippen LogP) is -0.233. The van der Waals surface area contributed by atoms with Crippen molar-refractivity contribution in [1.82, 2.24) is 5.43 Å². The zero-order valence-corrected chi connectivity index (χ0v) is 6.28. The number of nitrogens with two attached hydrogens (primary N) is 1. The van der Waals surface area contributed by atoms with Crippen molar-refractivity contribution in [2.45, 2.75) is 6.54 Å². The Kier molecular flexibility index (Phi) is 2.37. The SMILES string of the molecule is NNCc1ccc(O)c(O)c1O. The molecule has 0 heterocycles. The molecule has 1 rings (SSSR count). The number of phenolic OH excluding ortho intramolecular Hbond substituents is 3. The minimum atomic E-state index is -0.525. The lowest BCUT2D eigenvalue weighted by molar-refractivity contribution is 0.364. The molecule has 0 aromatic heterocycles. The molecule has 1 aromatic carbocycles. The zero-order chi connectivity index (χ0) is 9.14. The van der Waals surface area contributed by atoms with E-state index in [1.165, 1.54) is 12.1 Å². The van der Waals surface area contributed by atoms with Crippen molar-refractivity contribution in [1.29, 1.82) is 0 Å². The Hall–Kier alpha value is -1.46. The third-order valence-corrected chi connectivity index (χ3v) is 1.51. The van der Waals surface area contributed by atoms with Gasteiger partial charge in [-0.2, -0.15) is 0 Å². The number of rotatable bonds is 2. The largest absolute Gasteiger partial charge is 0.504 e. The molecule has 0 amide bonds. The molecular formula is C7H10N2O3. The quantitative estimate of drug-likeness (QED) is 0.240. The number of aromatic hydroxyl groups is 3. The summed E-state index contributed by atoms with van der Waals surface area (Å²) in [6.45, 7) is 0.222. The van der Waals surface area contributed by atoms with Gasteiger partial charge in [-0.3, -0.25) is 11.3 Å². The number of hydrogen-bond acceptors (Lipinski definition) is 5. The Bertz CT molecular complexity index is 288. The maximum absolute atomic E-state index is 9.20. The van der Waals surface area contributed by atoms with Gasteiger partial charge in [0.05, 0.1) is 0 Å². The fourth-order valence-corrected chi connectivity index (χ4v) is 0.863. The summed E-state index contributed by atoms with van der Waals surface area (Å²) in [4.78, 5) is 0. The molecule has 5 heteroatoms. The van der Waals surface area contributed by atoms with Crippen molar-refractivity contribution in [3.05, 3.63) is 17.7 Å². The standard InChI is InChI=1S/C7H10N2O3/c8-9-3-4-1-2-5(10)7(12)6(4)11/h1-2,9-12H,3,8H2. The Morgan fingerprint density at radius 1 is 1.17 bits per heavy atom. The molecule has 5 nitrogen and oxygen atoms in total. The summed E-state index contributed by atoms with van der Waals surface area (Å²) in [5.74, 6) is 3.78. The normalized spacial score (nSPS) is 10.1. The van der Waals surface area contributed by atoms with E-state index in [0.29, 0.717) is 5.56 Å². The molecule has 6 N–H and O–H groups in total. The Morgan fingerprint density at radius 2 is 1.83 bits per heavy atom. The summed E-state index contributed by atoms with van der Waals surface area (Å²) in [6, 6.07) is 2.74. The van der Waals surface area contributed by atoms with Gasteiger partial charge in [0.1, 0.15) is 0 Å². The molecule has 0 radical (unpaired) electrons. The number of benzene rings is 1. The summed E-state index contributed by atoms with van der Waals surface area (Å²) in [5.41, 5.74) is 2.74. The minimum absolute atomic E-state index is 0.222. The van der Waals surface area contributed by atoms with Crippen LogP contribution in [0, 0.1) is 0 Å². The van der Waals surface area contributed by atoms with Crippen LogP contribution >= 0.6 is 0 Å². The summed E-state index contributed by atoms with van der Waals surface area (Å²) < 4.78 is 0. The third-order valence-electron chi connectivity index (χ3n) is 1.51. The third kappa shape index (κ3) is 1.41. The highest BCUT2D eigenvalue weighted by molar-refractivity contribution is 5.52. The summed E-state index contributed by atoms with van der Waals surface area (Å²) in [5, 5.41) is 27.2. The molecule has 0 aliphatic carbocycles. The molecule has 0 saturated heterocycles. The molecule has 0 unspecified atom stereocenters. The van der Waals surface area contributed by atoms with Crippen LogP contribution in [-0.2, 0) is 6.54 Å². The first-order valence-electron chi connectivity index (χ1n) is 3.33. The fraction of sp³-hybridized carbons (Fsp3) is 0.143. The van der Waals surface area contributed by atoms with Gasteiger partial charge in [-0.05, 0) is 6.07 Å². The van der Waals surface area contributed by atoms with Crippen LogP contribution in [0.3, 0.4) is 0 Å². The van der Waals surface area contributed by atoms with E-state index in [9.17, 15) is 5.11 Å². The maximum atomic E-state index is 9.20. The van der Waals surface area contributed by atoms with E-state index in [-0.39, 0.29) is 18.0 Å². The van der Waals surface area contributed by atoms with Gasteiger partial charge in [0.15, 0.2) is 11.5 Å². The van der Waals surface area contributed by atoms with Crippen molar-refractivity contribution in [2.24, 2.45) is 5.84 Å². The van der Waals surface area contributed by atoms with Gasteiger partial charge in [0.2, 0.25) is 5.75 Å². The highest BCUT2D eigenvalue weighted by Gasteiger charge is 2.09. The Morgan fingerprint density at radius 3 is 2.42 bits per heavy atom. The lowest BCUT2D eigenvalue weighted by Crippen LogP contribution is -2.20. The average Bonchev–Trinajstić information content (AvgIpc) is 2.07. The summed E-state index contributed by atoms with van der Waals surface area (Å²) in [7, 11) is 0. The second kappa shape index (κ2) is 3.29. The number of hydrogen-bond donors (Lipinski definition) is 5. The zero-order valence-electron chi connectivity index (χ0n) is 6.28. The van der Waals surface area contributed by atoms with E-state index >= 15 is 0 Å². The van der Waals surface area contributed by atoms with Gasteiger partial charge in [-0.1, -0.05) is 6.07 Å². The van der Waals surface area contributed by atoms with E-state index in [4.69, 9.17) is 16.1 Å². The second-order valence-corrected chi connectivity index (χ2v) is 2.32. The number of nitrogens with one attached hydrogen (secondary N) is 1. The van der Waals surface area contributed by atoms with Crippen molar-refractivity contribution >= 4 is 0 Å². The number of hydrazine groups is 1. The molecule has 0 atom stereocenters. The van der Waals surface area contributed by atoms with Crippen LogP contribution in [0.25, 0.3) is 0 Å². The number of phenols is 3. The van der Waals surface area contributed by atoms with Crippen molar-refractivity contribution in [3.8, 4) is 17.2 Å². The van der Waals surface area contributed by atoms with Crippen LogP contribution in [0.15, 0.2) is 12.1 Å². The van der Waals surface area contributed by atoms with E-state index in [1.807, 2.05) is 0 Å². The smallest absolute Gasteiger partial charge is 0.200 e. The maximum Gasteiger partial charge on any atom is 0.200 e. The molecule has 0 fully saturated rings. The van der Waals surface area contributed by atoms with Crippen molar-refractivity contribution < 1.29 is 15.3 Å². The molecule has 66 valence electrons. The first kappa shape index (κ1) is 8.63. The van der Waals surface area contributed by atoms with Crippen LogP contribution in [-0.4, -0.2) is 15.3 Å². The first-order valence-corrected chi connectivity index (χ1v) is 3.33. The van der Waals surface area contributed by atoms with Gasteiger partial charge >= 0.3 is 0 Å².